The number of aryl methyl sites for hydroxylation is 3. The Bertz CT molecular complexity index is 732. The van der Waals surface area contributed by atoms with Crippen LogP contribution in [0.25, 0.3) is 0 Å². The summed E-state index contributed by atoms with van der Waals surface area (Å²) in [5.74, 6) is 0.0677. The van der Waals surface area contributed by atoms with Gasteiger partial charge in [0.15, 0.2) is 0 Å². The first-order chi connectivity index (χ1) is 11.0. The molecular weight excluding hydrogens is 312 g/mol. The molecule has 1 amide bonds. The number of aromatic nitrogens is 2. The van der Waals surface area contributed by atoms with Crippen molar-refractivity contribution in [1.82, 2.24) is 14.7 Å². The third-order valence-corrected chi connectivity index (χ3v) is 4.56. The van der Waals surface area contributed by atoms with Crippen molar-refractivity contribution in [3.05, 3.63) is 46.2 Å². The van der Waals surface area contributed by atoms with E-state index in [1.165, 1.54) is 5.56 Å². The molecule has 0 aliphatic carbocycles. The molecule has 122 valence electrons. The van der Waals surface area contributed by atoms with Crippen molar-refractivity contribution in [3.8, 4) is 0 Å². The van der Waals surface area contributed by atoms with E-state index >= 15 is 0 Å². The van der Waals surface area contributed by atoms with Crippen LogP contribution in [0.1, 0.15) is 21.6 Å². The van der Waals surface area contributed by atoms with Crippen LogP contribution in [0.5, 0.6) is 0 Å². The van der Waals surface area contributed by atoms with Crippen molar-refractivity contribution in [1.29, 1.82) is 0 Å². The molecule has 1 aliphatic heterocycles. The van der Waals surface area contributed by atoms with Crippen LogP contribution >= 0.6 is 11.6 Å². The van der Waals surface area contributed by atoms with E-state index < -0.39 is 0 Å². The van der Waals surface area contributed by atoms with E-state index in [4.69, 9.17) is 11.6 Å². The van der Waals surface area contributed by atoms with Crippen molar-refractivity contribution in [3.63, 3.8) is 0 Å². The number of piperazine rings is 1. The van der Waals surface area contributed by atoms with Crippen molar-refractivity contribution in [2.24, 2.45) is 7.05 Å². The summed E-state index contributed by atoms with van der Waals surface area (Å²) in [5.41, 5.74) is 3.84. The van der Waals surface area contributed by atoms with Gasteiger partial charge in [0, 0.05) is 50.1 Å². The molecule has 2 heterocycles. The lowest BCUT2D eigenvalue weighted by Gasteiger charge is -2.36. The molecule has 1 aliphatic rings. The second-order valence-corrected chi connectivity index (χ2v) is 6.45. The van der Waals surface area contributed by atoms with Gasteiger partial charge in [-0.1, -0.05) is 17.7 Å². The Morgan fingerprint density at radius 2 is 1.87 bits per heavy atom. The van der Waals surface area contributed by atoms with Gasteiger partial charge in [0.2, 0.25) is 0 Å². The van der Waals surface area contributed by atoms with Crippen LogP contribution in [0.15, 0.2) is 24.4 Å². The summed E-state index contributed by atoms with van der Waals surface area (Å²) in [6.07, 6.45) is 1.80. The number of hydrogen-bond donors (Lipinski definition) is 0. The Hall–Kier alpha value is -2.01. The molecule has 23 heavy (non-hydrogen) atoms. The molecule has 1 aromatic carbocycles. The topological polar surface area (TPSA) is 41.4 Å². The monoisotopic (exact) mass is 332 g/mol. The van der Waals surface area contributed by atoms with Gasteiger partial charge in [-0.3, -0.25) is 9.48 Å². The van der Waals surface area contributed by atoms with Gasteiger partial charge in [0.25, 0.3) is 5.91 Å². The van der Waals surface area contributed by atoms with E-state index in [2.05, 4.69) is 16.9 Å². The zero-order valence-electron chi connectivity index (χ0n) is 13.7. The Morgan fingerprint density at radius 1 is 1.17 bits per heavy atom. The van der Waals surface area contributed by atoms with E-state index in [0.717, 1.165) is 29.5 Å². The summed E-state index contributed by atoms with van der Waals surface area (Å²) < 4.78 is 1.69. The van der Waals surface area contributed by atoms with E-state index in [-0.39, 0.29) is 5.91 Å². The molecule has 0 saturated carbocycles. The summed E-state index contributed by atoms with van der Waals surface area (Å²) in [6.45, 7) is 7.00. The van der Waals surface area contributed by atoms with Gasteiger partial charge < -0.3 is 9.80 Å². The maximum Gasteiger partial charge on any atom is 0.257 e. The lowest BCUT2D eigenvalue weighted by molar-refractivity contribution is 0.0746. The molecule has 0 bridgehead atoms. The van der Waals surface area contributed by atoms with Gasteiger partial charge in [-0.05, 0) is 31.5 Å². The van der Waals surface area contributed by atoms with Gasteiger partial charge in [0.05, 0.1) is 11.3 Å². The maximum absolute atomic E-state index is 12.6. The number of carbonyl (C=O) groups excluding carboxylic acids is 1. The summed E-state index contributed by atoms with van der Waals surface area (Å²) in [5, 5.41) is 5.00. The number of anilines is 1. The van der Waals surface area contributed by atoms with Crippen LogP contribution in [0.2, 0.25) is 5.02 Å². The molecule has 0 radical (unpaired) electrons. The Morgan fingerprint density at radius 3 is 2.48 bits per heavy atom. The van der Waals surface area contributed by atoms with Crippen LogP contribution < -0.4 is 4.90 Å². The zero-order chi connectivity index (χ0) is 16.6. The van der Waals surface area contributed by atoms with Crippen LogP contribution in [0.4, 0.5) is 5.69 Å². The Kier molecular flexibility index (Phi) is 4.31. The highest BCUT2D eigenvalue weighted by Gasteiger charge is 2.25. The molecular formula is C17H21ClN4O. The van der Waals surface area contributed by atoms with Crippen molar-refractivity contribution >= 4 is 23.2 Å². The molecule has 1 fully saturated rings. The Labute approximate surface area is 141 Å². The van der Waals surface area contributed by atoms with E-state index in [1.807, 2.05) is 37.1 Å². The molecule has 1 aromatic heterocycles. The predicted molar refractivity (Wildman–Crippen MR) is 92.3 cm³/mol. The lowest BCUT2D eigenvalue weighted by atomic mass is 10.1. The van der Waals surface area contributed by atoms with Gasteiger partial charge in [-0.2, -0.15) is 5.10 Å². The fourth-order valence-corrected chi connectivity index (χ4v) is 3.22. The molecule has 5 nitrogen and oxygen atoms in total. The number of rotatable bonds is 2. The highest BCUT2D eigenvalue weighted by atomic mass is 35.5. The zero-order valence-corrected chi connectivity index (χ0v) is 14.5. The van der Waals surface area contributed by atoms with E-state index in [9.17, 15) is 4.79 Å². The SMILES string of the molecule is Cc1ccc(Cl)cc1N1CCN(C(=O)c2cn(C)nc2C)CC1. The largest absolute Gasteiger partial charge is 0.368 e. The maximum atomic E-state index is 12.6. The fraction of sp³-hybridized carbons (Fsp3) is 0.412. The predicted octanol–water partition coefficient (Wildman–Crippen LogP) is 2.65. The number of carbonyl (C=O) groups is 1. The highest BCUT2D eigenvalue weighted by molar-refractivity contribution is 6.30. The fourth-order valence-electron chi connectivity index (χ4n) is 3.05. The third kappa shape index (κ3) is 3.20. The van der Waals surface area contributed by atoms with Crippen molar-refractivity contribution in [2.75, 3.05) is 31.1 Å². The number of benzene rings is 1. The second-order valence-electron chi connectivity index (χ2n) is 6.01. The van der Waals surface area contributed by atoms with Crippen LogP contribution in [-0.2, 0) is 7.05 Å². The number of hydrogen-bond acceptors (Lipinski definition) is 3. The summed E-state index contributed by atoms with van der Waals surface area (Å²) >= 11 is 6.11. The average molecular weight is 333 g/mol. The Balaban J connectivity index is 1.70. The van der Waals surface area contributed by atoms with Crippen LogP contribution in [-0.4, -0.2) is 46.8 Å². The smallest absolute Gasteiger partial charge is 0.257 e. The quantitative estimate of drug-likeness (QED) is 0.849. The molecule has 6 heteroatoms. The summed E-state index contributed by atoms with van der Waals surface area (Å²) in [7, 11) is 1.84. The van der Waals surface area contributed by atoms with Gasteiger partial charge >= 0.3 is 0 Å². The number of nitrogens with zero attached hydrogens (tertiary/aromatic N) is 4. The summed E-state index contributed by atoms with van der Waals surface area (Å²) in [4.78, 5) is 16.8. The normalized spacial score (nSPS) is 15.1. The molecule has 0 spiro atoms. The van der Waals surface area contributed by atoms with Crippen LogP contribution in [0.3, 0.4) is 0 Å². The standard InChI is InChI=1S/C17H21ClN4O/c1-12-4-5-14(18)10-16(12)21-6-8-22(9-7-21)17(23)15-11-20(3)19-13(15)2/h4-5,10-11H,6-9H2,1-3H3. The van der Waals surface area contributed by atoms with Crippen LogP contribution in [0, 0.1) is 13.8 Å². The van der Waals surface area contributed by atoms with Crippen molar-refractivity contribution < 1.29 is 4.79 Å². The first-order valence-corrected chi connectivity index (χ1v) is 8.14. The van der Waals surface area contributed by atoms with Crippen molar-refractivity contribution in [2.45, 2.75) is 13.8 Å². The first kappa shape index (κ1) is 15.9. The number of halogens is 1. The minimum absolute atomic E-state index is 0.0677. The van der Waals surface area contributed by atoms with Gasteiger partial charge in [-0.15, -0.1) is 0 Å². The molecule has 3 rings (SSSR count). The van der Waals surface area contributed by atoms with Gasteiger partial charge in [0.1, 0.15) is 0 Å². The first-order valence-electron chi connectivity index (χ1n) is 7.76. The third-order valence-electron chi connectivity index (χ3n) is 4.32. The van der Waals surface area contributed by atoms with Gasteiger partial charge in [-0.25, -0.2) is 0 Å². The van der Waals surface area contributed by atoms with E-state index in [0.29, 0.717) is 18.7 Å². The lowest BCUT2D eigenvalue weighted by Crippen LogP contribution is -2.49. The summed E-state index contributed by atoms with van der Waals surface area (Å²) in [6, 6.07) is 5.94. The molecule has 1 saturated heterocycles. The second kappa shape index (κ2) is 6.24. The highest BCUT2D eigenvalue weighted by Crippen LogP contribution is 2.25. The molecule has 0 N–H and O–H groups in total. The average Bonchev–Trinajstić information content (AvgIpc) is 2.88. The minimum atomic E-state index is 0.0677. The minimum Gasteiger partial charge on any atom is -0.368 e. The number of amides is 1. The van der Waals surface area contributed by atoms with E-state index in [1.54, 1.807) is 10.9 Å². The molecule has 0 unspecified atom stereocenters. The molecule has 0 atom stereocenters. The molecule has 2 aromatic rings.